The first kappa shape index (κ1) is 32.6. The van der Waals surface area contributed by atoms with Crippen LogP contribution in [0.15, 0.2) is 48.8 Å². The molecule has 0 aliphatic carbocycles. The van der Waals surface area contributed by atoms with Crippen LogP contribution in [0.5, 0.6) is 5.88 Å². The van der Waals surface area contributed by atoms with E-state index in [-0.39, 0.29) is 62.3 Å². The second kappa shape index (κ2) is 13.6. The lowest BCUT2D eigenvalue weighted by Crippen LogP contribution is -2.54. The van der Waals surface area contributed by atoms with E-state index in [2.05, 4.69) is 15.3 Å². The average Bonchev–Trinajstić information content (AvgIpc) is 3.01. The Labute approximate surface area is 253 Å². The van der Waals surface area contributed by atoms with Crippen molar-refractivity contribution in [3.8, 4) is 23.2 Å². The summed E-state index contributed by atoms with van der Waals surface area (Å²) < 4.78 is 61.0. The van der Waals surface area contributed by atoms with Crippen LogP contribution in [0.4, 0.5) is 23.2 Å². The number of carbonyl (C=O) groups excluding carboxylic acids is 1. The van der Waals surface area contributed by atoms with Gasteiger partial charge in [-0.15, -0.1) is 0 Å². The van der Waals surface area contributed by atoms with Crippen molar-refractivity contribution in [3.05, 3.63) is 71.3 Å². The molecule has 1 atom stereocenters. The van der Waals surface area contributed by atoms with Gasteiger partial charge in [0.2, 0.25) is 11.8 Å². The fourth-order valence-electron chi connectivity index (χ4n) is 5.36. The lowest BCUT2D eigenvalue weighted by atomic mass is 9.72. The minimum absolute atomic E-state index is 0.00895. The number of ether oxygens (including phenoxy) is 1. The van der Waals surface area contributed by atoms with E-state index in [1.165, 1.54) is 24.5 Å². The monoisotopic (exact) mass is 614 g/mol. The molecule has 3 heterocycles. The number of aliphatic hydroxyl groups excluding tert-OH is 1. The quantitative estimate of drug-likeness (QED) is 0.328. The normalized spacial score (nSPS) is 15.5. The third kappa shape index (κ3) is 6.76. The summed E-state index contributed by atoms with van der Waals surface area (Å²) in [6.45, 7) is 2.43. The van der Waals surface area contributed by atoms with Crippen molar-refractivity contribution < 1.29 is 32.2 Å². The Morgan fingerprint density at radius 3 is 2.55 bits per heavy atom. The molecule has 1 amide bonds. The number of likely N-dealkylation sites (N-methyl/N-ethyl adjacent to an activating group) is 1. The highest BCUT2D eigenvalue weighted by atomic mass is 19.4. The number of hydrogen-bond donors (Lipinski definition) is 2. The summed E-state index contributed by atoms with van der Waals surface area (Å²) >= 11 is 0. The van der Waals surface area contributed by atoms with Gasteiger partial charge in [-0.25, -0.2) is 9.37 Å². The molecular weight excluding hydrogens is 580 g/mol. The van der Waals surface area contributed by atoms with Gasteiger partial charge in [0.05, 0.1) is 41.0 Å². The minimum atomic E-state index is -4.60. The van der Waals surface area contributed by atoms with Gasteiger partial charge in [-0.05, 0) is 75.8 Å². The number of halogens is 4. The van der Waals surface area contributed by atoms with Gasteiger partial charge in [-0.3, -0.25) is 9.78 Å². The number of nitriles is 1. The molecule has 2 aromatic heterocycles. The molecule has 0 saturated carbocycles. The van der Waals surface area contributed by atoms with Gasteiger partial charge in [0.15, 0.2) is 0 Å². The van der Waals surface area contributed by atoms with Crippen LogP contribution in [0, 0.1) is 17.1 Å². The van der Waals surface area contributed by atoms with Crippen LogP contribution < -0.4 is 15.0 Å². The smallest absolute Gasteiger partial charge is 0.416 e. The second-order valence-electron chi connectivity index (χ2n) is 10.8. The zero-order valence-corrected chi connectivity index (χ0v) is 24.7. The van der Waals surface area contributed by atoms with E-state index in [1.807, 2.05) is 6.07 Å². The maximum atomic E-state index is 15.7. The summed E-state index contributed by atoms with van der Waals surface area (Å²) in [5.41, 5.74) is -1.29. The molecule has 2 N–H and O–H groups in total. The van der Waals surface area contributed by atoms with Gasteiger partial charge >= 0.3 is 6.18 Å². The van der Waals surface area contributed by atoms with Crippen LogP contribution in [0.1, 0.15) is 36.5 Å². The zero-order chi connectivity index (χ0) is 32.1. The Balaban J connectivity index is 1.69. The first-order valence-electron chi connectivity index (χ1n) is 14.1. The molecule has 4 rings (SSSR count). The molecule has 13 heteroatoms. The van der Waals surface area contributed by atoms with E-state index < -0.39 is 28.9 Å². The van der Waals surface area contributed by atoms with E-state index in [9.17, 15) is 28.3 Å². The van der Waals surface area contributed by atoms with Crippen molar-refractivity contribution in [2.24, 2.45) is 0 Å². The number of nitrogens with zero attached hydrogens (tertiary/aromatic N) is 5. The van der Waals surface area contributed by atoms with Crippen LogP contribution in [0.3, 0.4) is 0 Å². The molecule has 9 nitrogen and oxygen atoms in total. The van der Waals surface area contributed by atoms with Gasteiger partial charge in [0, 0.05) is 38.1 Å². The lowest BCUT2D eigenvalue weighted by molar-refractivity contribution is -0.137. The number of rotatable bonds is 10. The number of pyridine rings is 2. The largest absolute Gasteiger partial charge is 0.477 e. The molecular formula is C31H34F4N6O3. The molecule has 1 aliphatic heterocycles. The van der Waals surface area contributed by atoms with Gasteiger partial charge in [-0.2, -0.15) is 18.4 Å². The van der Waals surface area contributed by atoms with Crippen LogP contribution in [-0.4, -0.2) is 78.9 Å². The summed E-state index contributed by atoms with van der Waals surface area (Å²) in [6, 6.07) is 9.03. The van der Waals surface area contributed by atoms with Crippen molar-refractivity contribution in [2.75, 3.05) is 51.8 Å². The van der Waals surface area contributed by atoms with E-state index in [0.717, 1.165) is 12.1 Å². The first-order chi connectivity index (χ1) is 20.9. The van der Waals surface area contributed by atoms with Crippen LogP contribution in [0.25, 0.3) is 11.3 Å². The third-order valence-electron chi connectivity index (χ3n) is 7.98. The molecule has 0 spiro atoms. The second-order valence-corrected chi connectivity index (χ2v) is 10.8. The molecule has 1 unspecified atom stereocenters. The number of aromatic nitrogens is 2. The summed E-state index contributed by atoms with van der Waals surface area (Å²) in [6.07, 6.45) is -1.30. The van der Waals surface area contributed by atoms with Crippen molar-refractivity contribution >= 4 is 11.6 Å². The van der Waals surface area contributed by atoms with Crippen molar-refractivity contribution in [2.45, 2.75) is 37.4 Å². The molecule has 1 saturated heterocycles. The van der Waals surface area contributed by atoms with E-state index >= 15 is 4.39 Å². The Bertz CT molecular complexity index is 1520. The maximum absolute atomic E-state index is 15.7. The molecule has 3 aromatic rings. The van der Waals surface area contributed by atoms with Crippen molar-refractivity contribution in [1.82, 2.24) is 20.2 Å². The topological polar surface area (TPSA) is 115 Å². The highest BCUT2D eigenvalue weighted by Gasteiger charge is 2.44. The number of benzene rings is 1. The number of alkyl halides is 3. The first-order valence-corrected chi connectivity index (χ1v) is 14.1. The van der Waals surface area contributed by atoms with E-state index in [0.29, 0.717) is 23.4 Å². The van der Waals surface area contributed by atoms with E-state index in [1.54, 1.807) is 43.0 Å². The summed E-state index contributed by atoms with van der Waals surface area (Å²) in [7, 11) is 3.54. The van der Waals surface area contributed by atoms with Crippen LogP contribution >= 0.6 is 0 Å². The van der Waals surface area contributed by atoms with Crippen LogP contribution in [0.2, 0.25) is 0 Å². The molecule has 0 radical (unpaired) electrons. The van der Waals surface area contributed by atoms with Gasteiger partial charge in [0.25, 0.3) is 0 Å². The summed E-state index contributed by atoms with van der Waals surface area (Å²) in [5, 5.41) is 22.3. The SMILES string of the molecule is CCOc1ncccc1-c1ncc(C2(C(=O)NCC(CO)N(C)C)CCN(c3ccc(C(F)(F)F)cc3C#N)CC2)cc1F. The van der Waals surface area contributed by atoms with E-state index in [4.69, 9.17) is 4.74 Å². The fraction of sp³-hybridized carbons (Fsp3) is 0.419. The van der Waals surface area contributed by atoms with Gasteiger partial charge < -0.3 is 25.0 Å². The van der Waals surface area contributed by atoms with Gasteiger partial charge in [-0.1, -0.05) is 0 Å². The standard InChI is InChI=1S/C31H34F4N6O3/c1-4-44-28-24(6-5-11-37-28)27-25(32)15-22(17-38-27)30(29(43)39-18-23(19-42)40(2)3)9-12-41(13-10-30)26-8-7-21(31(33,34)35)14-20(26)16-36/h5-8,11,14-15,17,23,42H,4,9-10,12-13,18-19H2,1-3H3,(H,39,43). The number of carbonyl (C=O) groups is 1. The number of amides is 1. The average molecular weight is 615 g/mol. The molecule has 44 heavy (non-hydrogen) atoms. The number of aliphatic hydroxyl groups is 1. The Hall–Kier alpha value is -4.28. The lowest BCUT2D eigenvalue weighted by Gasteiger charge is -2.42. The molecule has 1 aliphatic rings. The Kier molecular flexibility index (Phi) is 10.1. The highest BCUT2D eigenvalue weighted by molar-refractivity contribution is 5.89. The van der Waals surface area contributed by atoms with Crippen LogP contribution in [-0.2, 0) is 16.4 Å². The molecule has 1 aromatic carbocycles. The summed E-state index contributed by atoms with van der Waals surface area (Å²) in [4.78, 5) is 26.0. The molecule has 234 valence electrons. The zero-order valence-electron chi connectivity index (χ0n) is 24.7. The van der Waals surface area contributed by atoms with Crippen molar-refractivity contribution in [1.29, 1.82) is 5.26 Å². The molecule has 0 bridgehead atoms. The maximum Gasteiger partial charge on any atom is 0.416 e. The van der Waals surface area contributed by atoms with Gasteiger partial charge in [0.1, 0.15) is 17.6 Å². The number of nitrogens with one attached hydrogen (secondary N) is 1. The van der Waals surface area contributed by atoms with Crippen molar-refractivity contribution in [3.63, 3.8) is 0 Å². The number of hydrogen-bond acceptors (Lipinski definition) is 8. The Morgan fingerprint density at radius 2 is 1.95 bits per heavy atom. The summed E-state index contributed by atoms with van der Waals surface area (Å²) in [5.74, 6) is -0.851. The Morgan fingerprint density at radius 1 is 1.23 bits per heavy atom. The predicted octanol–water partition coefficient (Wildman–Crippen LogP) is 4.15. The highest BCUT2D eigenvalue weighted by Crippen LogP contribution is 2.40. The minimum Gasteiger partial charge on any atom is -0.477 e. The fourth-order valence-corrected chi connectivity index (χ4v) is 5.36. The number of piperidine rings is 1. The third-order valence-corrected chi connectivity index (χ3v) is 7.98. The predicted molar refractivity (Wildman–Crippen MR) is 155 cm³/mol. The molecule has 1 fully saturated rings. The number of anilines is 1.